The summed E-state index contributed by atoms with van der Waals surface area (Å²) in [6.07, 6.45) is 2.07. The van der Waals surface area contributed by atoms with Gasteiger partial charge in [0.1, 0.15) is 6.79 Å². The van der Waals surface area contributed by atoms with Crippen molar-refractivity contribution in [3.8, 4) is 0 Å². The van der Waals surface area contributed by atoms with Gasteiger partial charge in [0.05, 0.1) is 19.8 Å². The third kappa shape index (κ3) is 4.99. The van der Waals surface area contributed by atoms with Crippen molar-refractivity contribution < 1.29 is 14.2 Å². The summed E-state index contributed by atoms with van der Waals surface area (Å²) in [6, 6.07) is 2.11. The first-order chi connectivity index (χ1) is 7.38. The van der Waals surface area contributed by atoms with Gasteiger partial charge in [-0.3, -0.25) is 0 Å². The van der Waals surface area contributed by atoms with E-state index in [-0.39, 0.29) is 0 Å². The summed E-state index contributed by atoms with van der Waals surface area (Å²) in [5, 5.41) is 2.08. The van der Waals surface area contributed by atoms with E-state index < -0.39 is 0 Å². The molecule has 0 unspecified atom stereocenters. The standard InChI is InChI=1S/C10H16O3S2/c1-11-4-5-12-8-13-7-10-9(14-2)3-6-15-10/h3,6H,4-5,7-8H2,1-2H3. The number of ether oxygens (including phenoxy) is 3. The number of rotatable bonds is 8. The van der Waals surface area contributed by atoms with Crippen LogP contribution in [-0.4, -0.2) is 33.4 Å². The highest BCUT2D eigenvalue weighted by atomic mass is 32.2. The molecule has 0 amide bonds. The van der Waals surface area contributed by atoms with Crippen LogP contribution in [0.25, 0.3) is 0 Å². The van der Waals surface area contributed by atoms with E-state index in [1.165, 1.54) is 9.77 Å². The van der Waals surface area contributed by atoms with E-state index in [2.05, 4.69) is 17.7 Å². The van der Waals surface area contributed by atoms with Crippen molar-refractivity contribution in [2.75, 3.05) is 33.4 Å². The van der Waals surface area contributed by atoms with Crippen molar-refractivity contribution in [3.63, 3.8) is 0 Å². The second-order valence-corrected chi connectivity index (χ2v) is 4.63. The molecule has 1 aromatic rings. The molecule has 1 rings (SSSR count). The number of thiophene rings is 1. The van der Waals surface area contributed by atoms with Crippen LogP contribution in [0.2, 0.25) is 0 Å². The molecule has 0 saturated heterocycles. The van der Waals surface area contributed by atoms with E-state index in [1.807, 2.05) is 0 Å². The molecule has 86 valence electrons. The van der Waals surface area contributed by atoms with Gasteiger partial charge in [0, 0.05) is 16.9 Å². The lowest BCUT2D eigenvalue weighted by Crippen LogP contribution is -2.05. The Balaban J connectivity index is 2.09. The zero-order valence-electron chi connectivity index (χ0n) is 9.02. The molecular weight excluding hydrogens is 232 g/mol. The minimum atomic E-state index is 0.328. The molecule has 0 N–H and O–H groups in total. The van der Waals surface area contributed by atoms with Crippen molar-refractivity contribution in [2.24, 2.45) is 0 Å². The third-order valence-electron chi connectivity index (χ3n) is 1.76. The molecule has 0 fully saturated rings. The number of hydrogen-bond donors (Lipinski definition) is 0. The molecule has 5 heteroatoms. The highest BCUT2D eigenvalue weighted by molar-refractivity contribution is 7.98. The first-order valence-corrected chi connectivity index (χ1v) is 6.73. The average Bonchev–Trinajstić information content (AvgIpc) is 2.70. The third-order valence-corrected chi connectivity index (χ3v) is 3.60. The lowest BCUT2D eigenvalue weighted by molar-refractivity contribution is -0.0722. The Morgan fingerprint density at radius 2 is 2.20 bits per heavy atom. The Morgan fingerprint density at radius 1 is 1.33 bits per heavy atom. The van der Waals surface area contributed by atoms with Crippen LogP contribution in [-0.2, 0) is 20.8 Å². The van der Waals surface area contributed by atoms with Gasteiger partial charge in [-0.1, -0.05) is 0 Å². The topological polar surface area (TPSA) is 27.7 Å². The van der Waals surface area contributed by atoms with Crippen molar-refractivity contribution in [3.05, 3.63) is 16.3 Å². The predicted octanol–water partition coefficient (Wildman–Crippen LogP) is 2.61. The molecule has 0 aliphatic rings. The summed E-state index contributed by atoms with van der Waals surface area (Å²) in [5.74, 6) is 0. The summed E-state index contributed by atoms with van der Waals surface area (Å²) in [6.45, 7) is 2.14. The molecule has 0 aliphatic carbocycles. The zero-order valence-corrected chi connectivity index (χ0v) is 10.7. The summed E-state index contributed by atoms with van der Waals surface area (Å²) in [7, 11) is 1.65. The summed E-state index contributed by atoms with van der Waals surface area (Å²) in [4.78, 5) is 2.55. The molecule has 15 heavy (non-hydrogen) atoms. The van der Waals surface area contributed by atoms with Crippen LogP contribution in [0, 0.1) is 0 Å². The Kier molecular flexibility index (Phi) is 7.04. The number of methoxy groups -OCH3 is 1. The van der Waals surface area contributed by atoms with Crippen LogP contribution in [0.3, 0.4) is 0 Å². The minimum absolute atomic E-state index is 0.328. The SMILES string of the molecule is COCCOCOCc1sccc1SC. The van der Waals surface area contributed by atoms with Crippen molar-refractivity contribution in [2.45, 2.75) is 11.5 Å². The van der Waals surface area contributed by atoms with Gasteiger partial charge in [0.15, 0.2) is 0 Å². The summed E-state index contributed by atoms with van der Waals surface area (Å²) >= 11 is 3.46. The van der Waals surface area contributed by atoms with Crippen LogP contribution in [0.15, 0.2) is 16.3 Å². The predicted molar refractivity (Wildman–Crippen MR) is 63.6 cm³/mol. The van der Waals surface area contributed by atoms with Gasteiger partial charge < -0.3 is 14.2 Å². The molecule has 0 saturated carbocycles. The van der Waals surface area contributed by atoms with E-state index >= 15 is 0 Å². The second-order valence-electron chi connectivity index (χ2n) is 2.78. The normalized spacial score (nSPS) is 10.8. The Hall–Kier alpha value is -0.0700. The van der Waals surface area contributed by atoms with Crippen LogP contribution in [0.4, 0.5) is 0 Å². The number of hydrogen-bond acceptors (Lipinski definition) is 5. The molecule has 0 bridgehead atoms. The van der Waals surface area contributed by atoms with Crippen molar-refractivity contribution in [1.82, 2.24) is 0 Å². The Labute approximate surface area is 98.7 Å². The van der Waals surface area contributed by atoms with E-state index in [9.17, 15) is 0 Å². The smallest absolute Gasteiger partial charge is 0.147 e. The van der Waals surface area contributed by atoms with Crippen LogP contribution in [0.5, 0.6) is 0 Å². The maximum Gasteiger partial charge on any atom is 0.147 e. The molecule has 0 radical (unpaired) electrons. The monoisotopic (exact) mass is 248 g/mol. The first kappa shape index (κ1) is 13.0. The van der Waals surface area contributed by atoms with E-state index in [0.29, 0.717) is 26.6 Å². The van der Waals surface area contributed by atoms with Gasteiger partial charge >= 0.3 is 0 Å². The highest BCUT2D eigenvalue weighted by Crippen LogP contribution is 2.25. The first-order valence-electron chi connectivity index (χ1n) is 4.63. The van der Waals surface area contributed by atoms with Gasteiger partial charge in [-0.2, -0.15) is 0 Å². The van der Waals surface area contributed by atoms with Crippen LogP contribution < -0.4 is 0 Å². The van der Waals surface area contributed by atoms with Crippen molar-refractivity contribution in [1.29, 1.82) is 0 Å². The van der Waals surface area contributed by atoms with Crippen LogP contribution >= 0.6 is 23.1 Å². The molecular formula is C10H16O3S2. The number of thioether (sulfide) groups is 1. The molecule has 0 aromatic carbocycles. The summed E-state index contributed by atoms with van der Waals surface area (Å²) < 4.78 is 15.4. The van der Waals surface area contributed by atoms with Gasteiger partial charge in [0.2, 0.25) is 0 Å². The Morgan fingerprint density at radius 3 is 2.93 bits per heavy atom. The average molecular weight is 248 g/mol. The van der Waals surface area contributed by atoms with Gasteiger partial charge in [-0.25, -0.2) is 0 Å². The Bertz CT molecular complexity index is 263. The molecule has 0 atom stereocenters. The van der Waals surface area contributed by atoms with E-state index in [0.717, 1.165) is 0 Å². The molecule has 0 aliphatic heterocycles. The van der Waals surface area contributed by atoms with Gasteiger partial charge in [-0.15, -0.1) is 23.1 Å². The van der Waals surface area contributed by atoms with E-state index in [4.69, 9.17) is 14.2 Å². The fraction of sp³-hybridized carbons (Fsp3) is 0.600. The molecule has 1 aromatic heterocycles. The van der Waals surface area contributed by atoms with Crippen molar-refractivity contribution >= 4 is 23.1 Å². The lowest BCUT2D eigenvalue weighted by Gasteiger charge is -2.05. The van der Waals surface area contributed by atoms with E-state index in [1.54, 1.807) is 30.2 Å². The second kappa shape index (κ2) is 8.13. The molecule has 3 nitrogen and oxygen atoms in total. The lowest BCUT2D eigenvalue weighted by atomic mass is 10.5. The van der Waals surface area contributed by atoms with Gasteiger partial charge in [-0.05, 0) is 17.7 Å². The quantitative estimate of drug-likeness (QED) is 0.401. The zero-order chi connectivity index (χ0) is 10.9. The molecule has 0 spiro atoms. The fourth-order valence-corrected chi connectivity index (χ4v) is 2.69. The maximum absolute atomic E-state index is 5.39. The summed E-state index contributed by atoms with van der Waals surface area (Å²) in [5.41, 5.74) is 0. The molecule has 1 heterocycles. The van der Waals surface area contributed by atoms with Gasteiger partial charge in [0.25, 0.3) is 0 Å². The van der Waals surface area contributed by atoms with Crippen LogP contribution in [0.1, 0.15) is 4.88 Å². The maximum atomic E-state index is 5.39. The highest BCUT2D eigenvalue weighted by Gasteiger charge is 2.02. The fourth-order valence-electron chi connectivity index (χ4n) is 1.01. The largest absolute Gasteiger partial charge is 0.382 e. The minimum Gasteiger partial charge on any atom is -0.382 e.